The van der Waals surface area contributed by atoms with Gasteiger partial charge in [0.1, 0.15) is 0 Å². The van der Waals surface area contributed by atoms with Crippen molar-refractivity contribution in [3.63, 3.8) is 0 Å². The van der Waals surface area contributed by atoms with Crippen molar-refractivity contribution in [1.29, 1.82) is 0 Å². The third-order valence-corrected chi connectivity index (χ3v) is 3.07. The van der Waals surface area contributed by atoms with Crippen LogP contribution in [-0.2, 0) is 11.1 Å². The molecule has 0 amide bonds. The molecule has 0 bridgehead atoms. The smallest absolute Gasteiger partial charge is 0.768 e. The summed E-state index contributed by atoms with van der Waals surface area (Å²) in [7, 11) is 0. The first kappa shape index (κ1) is 12.1. The maximum absolute atomic E-state index is 10.9. The molecule has 0 spiro atoms. The number of hydrogen-bond acceptors (Lipinski definition) is 4. The van der Waals surface area contributed by atoms with Crippen LogP contribution in [0.3, 0.4) is 0 Å². The van der Waals surface area contributed by atoms with Crippen LogP contribution in [0, 0.1) is 0 Å². The number of aromatic amines is 1. The number of aromatic nitrogens is 1. The average Bonchev–Trinajstić information content (AvgIpc) is 2.42. The van der Waals surface area contributed by atoms with Crippen molar-refractivity contribution in [2.24, 2.45) is 0 Å². The second-order valence-corrected chi connectivity index (χ2v) is 4.36. The Morgan fingerprint density at radius 3 is 2.79 bits per heavy atom. The molecule has 0 saturated heterocycles. The standard InChI is InChI=1S/C7H5NO3S2.Na/c9-7-8-5-2-1-4(13(10)11)3-6(5)12-7;/h1-3H,(H,8,9)(H,10,11);/q;+1/p-1. The normalized spacial score (nSPS) is 12.4. The summed E-state index contributed by atoms with van der Waals surface area (Å²) in [6.07, 6.45) is 0. The topological polar surface area (TPSA) is 73.0 Å². The Bertz CT molecular complexity index is 533. The monoisotopic (exact) mass is 237 g/mol. The zero-order valence-electron chi connectivity index (χ0n) is 7.27. The van der Waals surface area contributed by atoms with E-state index in [1.807, 2.05) is 0 Å². The van der Waals surface area contributed by atoms with Gasteiger partial charge in [0.25, 0.3) is 0 Å². The van der Waals surface area contributed by atoms with Crippen molar-refractivity contribution in [2.75, 3.05) is 0 Å². The van der Waals surface area contributed by atoms with Gasteiger partial charge in [0.15, 0.2) is 0 Å². The fourth-order valence-electron chi connectivity index (χ4n) is 1.03. The summed E-state index contributed by atoms with van der Waals surface area (Å²) >= 11 is -1.24. The summed E-state index contributed by atoms with van der Waals surface area (Å²) in [5, 5.41) is 0. The van der Waals surface area contributed by atoms with Crippen LogP contribution in [0.1, 0.15) is 0 Å². The van der Waals surface area contributed by atoms with Crippen molar-refractivity contribution >= 4 is 32.6 Å². The van der Waals surface area contributed by atoms with Crippen molar-refractivity contribution in [2.45, 2.75) is 4.90 Å². The van der Waals surface area contributed by atoms with Crippen LogP contribution >= 0.6 is 11.3 Å². The van der Waals surface area contributed by atoms with Gasteiger partial charge >= 0.3 is 34.4 Å². The maximum atomic E-state index is 10.9. The molecular weight excluding hydrogens is 233 g/mol. The number of benzene rings is 1. The molecule has 7 heteroatoms. The first-order chi connectivity index (χ1) is 6.16. The quantitative estimate of drug-likeness (QED) is 0.453. The van der Waals surface area contributed by atoms with Gasteiger partial charge in [0, 0.05) is 4.90 Å². The van der Waals surface area contributed by atoms with E-state index in [1.54, 1.807) is 6.07 Å². The first-order valence-electron chi connectivity index (χ1n) is 3.39. The predicted molar refractivity (Wildman–Crippen MR) is 49.6 cm³/mol. The Morgan fingerprint density at radius 2 is 2.14 bits per heavy atom. The van der Waals surface area contributed by atoms with E-state index in [2.05, 4.69) is 4.98 Å². The molecule has 4 nitrogen and oxygen atoms in total. The van der Waals surface area contributed by atoms with Gasteiger partial charge in [-0.05, 0) is 29.3 Å². The molecular formula is C7H4NNaO3S2. The van der Waals surface area contributed by atoms with Gasteiger partial charge in [0.05, 0.1) is 10.2 Å². The fourth-order valence-corrected chi connectivity index (χ4v) is 2.27. The first-order valence-corrected chi connectivity index (χ1v) is 5.28. The zero-order chi connectivity index (χ0) is 9.42. The fraction of sp³-hybridized carbons (Fsp3) is 0. The molecule has 0 aliphatic carbocycles. The molecule has 1 aromatic carbocycles. The number of thiazole rings is 1. The Balaban J connectivity index is 0.000000980. The van der Waals surface area contributed by atoms with Crippen LogP contribution in [0.15, 0.2) is 27.9 Å². The average molecular weight is 237 g/mol. The largest absolute Gasteiger partial charge is 1.00 e. The van der Waals surface area contributed by atoms with Gasteiger partial charge in [-0.25, -0.2) is 0 Å². The van der Waals surface area contributed by atoms with Crippen molar-refractivity contribution < 1.29 is 38.3 Å². The van der Waals surface area contributed by atoms with Crippen molar-refractivity contribution in [3.05, 3.63) is 27.9 Å². The molecule has 14 heavy (non-hydrogen) atoms. The van der Waals surface area contributed by atoms with Crippen LogP contribution in [0.5, 0.6) is 0 Å². The Kier molecular flexibility index (Phi) is 4.05. The molecule has 0 aliphatic rings. The van der Waals surface area contributed by atoms with Crippen LogP contribution in [0.2, 0.25) is 0 Å². The molecule has 1 N–H and O–H groups in total. The molecule has 1 aromatic heterocycles. The molecule has 1 unspecified atom stereocenters. The summed E-state index contributed by atoms with van der Waals surface area (Å²) in [4.78, 5) is 13.5. The van der Waals surface area contributed by atoms with E-state index in [0.29, 0.717) is 10.2 Å². The molecule has 0 aliphatic heterocycles. The van der Waals surface area contributed by atoms with Crippen LogP contribution < -0.4 is 34.4 Å². The molecule has 0 saturated carbocycles. The number of nitrogens with one attached hydrogen (secondary N) is 1. The van der Waals surface area contributed by atoms with Crippen molar-refractivity contribution in [1.82, 2.24) is 4.98 Å². The second-order valence-electron chi connectivity index (χ2n) is 2.41. The van der Waals surface area contributed by atoms with Gasteiger partial charge in [-0.15, -0.1) is 0 Å². The van der Waals surface area contributed by atoms with Gasteiger partial charge < -0.3 is 9.54 Å². The van der Waals surface area contributed by atoms with Gasteiger partial charge in [-0.1, -0.05) is 11.3 Å². The van der Waals surface area contributed by atoms with Gasteiger partial charge in [0.2, 0.25) is 0 Å². The van der Waals surface area contributed by atoms with Crippen LogP contribution in [-0.4, -0.2) is 13.7 Å². The van der Waals surface area contributed by atoms with Gasteiger partial charge in [-0.2, -0.15) is 0 Å². The van der Waals surface area contributed by atoms with E-state index in [4.69, 9.17) is 0 Å². The molecule has 1 atom stereocenters. The SMILES string of the molecule is O=c1[nH]c2ccc(S(=O)[O-])cc2s1.[Na+]. The number of fused-ring (bicyclic) bond motifs is 1. The molecule has 2 aromatic rings. The summed E-state index contributed by atoms with van der Waals surface area (Å²) in [6.45, 7) is 0. The number of H-pyrrole nitrogens is 1. The summed E-state index contributed by atoms with van der Waals surface area (Å²) < 4.78 is 21.8. The Hall–Kier alpha value is 0.0200. The third kappa shape index (κ3) is 2.33. The molecule has 68 valence electrons. The Labute approximate surface area is 108 Å². The minimum atomic E-state index is -2.23. The van der Waals surface area contributed by atoms with E-state index in [1.165, 1.54) is 12.1 Å². The summed E-state index contributed by atoms with van der Waals surface area (Å²) in [5.41, 5.74) is 0.671. The van der Waals surface area contributed by atoms with Crippen molar-refractivity contribution in [3.8, 4) is 0 Å². The van der Waals surface area contributed by atoms with E-state index < -0.39 is 11.1 Å². The van der Waals surface area contributed by atoms with E-state index in [9.17, 15) is 13.6 Å². The Morgan fingerprint density at radius 1 is 1.43 bits per heavy atom. The zero-order valence-corrected chi connectivity index (χ0v) is 10.9. The molecule has 0 radical (unpaired) electrons. The van der Waals surface area contributed by atoms with E-state index >= 15 is 0 Å². The summed E-state index contributed by atoms with van der Waals surface area (Å²) in [5.74, 6) is 0. The summed E-state index contributed by atoms with van der Waals surface area (Å²) in [6, 6.07) is 4.51. The molecule has 2 rings (SSSR count). The van der Waals surface area contributed by atoms with Crippen LogP contribution in [0.4, 0.5) is 0 Å². The van der Waals surface area contributed by atoms with Crippen LogP contribution in [0.25, 0.3) is 10.2 Å². The predicted octanol–water partition coefficient (Wildman–Crippen LogP) is -2.17. The molecule has 1 heterocycles. The minimum absolute atomic E-state index is 0. The second kappa shape index (κ2) is 4.69. The minimum Gasteiger partial charge on any atom is -0.768 e. The number of rotatable bonds is 1. The molecule has 0 fully saturated rings. The number of hydrogen-bond donors (Lipinski definition) is 1. The van der Waals surface area contributed by atoms with E-state index in [0.717, 1.165) is 11.3 Å². The van der Waals surface area contributed by atoms with E-state index in [-0.39, 0.29) is 39.3 Å². The maximum Gasteiger partial charge on any atom is 1.00 e. The van der Waals surface area contributed by atoms with Gasteiger partial charge in [-0.3, -0.25) is 9.00 Å². The third-order valence-electron chi connectivity index (χ3n) is 1.58.